The molecule has 2 heterocycles. The third kappa shape index (κ3) is 4.48. The molecule has 5 rings (SSSR count). The number of hydrogen-bond donors (Lipinski definition) is 1. The first-order valence-corrected chi connectivity index (χ1v) is 11.7. The van der Waals surface area contributed by atoms with Crippen LogP contribution in [0.3, 0.4) is 0 Å². The summed E-state index contributed by atoms with van der Waals surface area (Å²) in [6.45, 7) is 1.39. The van der Waals surface area contributed by atoms with Gasteiger partial charge in [0.1, 0.15) is 6.54 Å². The van der Waals surface area contributed by atoms with Crippen LogP contribution in [0.4, 0.5) is 11.4 Å². The van der Waals surface area contributed by atoms with Gasteiger partial charge in [0.05, 0.1) is 11.3 Å². The Labute approximate surface area is 204 Å². The Morgan fingerprint density at radius 1 is 0.971 bits per heavy atom. The third-order valence-corrected chi connectivity index (χ3v) is 6.16. The van der Waals surface area contributed by atoms with Crippen molar-refractivity contribution in [3.05, 3.63) is 96.2 Å². The predicted octanol–water partition coefficient (Wildman–Crippen LogP) is 5.01. The summed E-state index contributed by atoms with van der Waals surface area (Å²) in [7, 11) is 1.65. The zero-order valence-electron chi connectivity index (χ0n) is 19.6. The van der Waals surface area contributed by atoms with Gasteiger partial charge in [0.2, 0.25) is 5.91 Å². The fraction of sp³-hybridized carbons (Fsp3) is 0.172. The van der Waals surface area contributed by atoms with E-state index in [-0.39, 0.29) is 18.4 Å². The van der Waals surface area contributed by atoms with Gasteiger partial charge in [-0.1, -0.05) is 54.6 Å². The highest BCUT2D eigenvalue weighted by molar-refractivity contribution is 6.38. The molecule has 0 radical (unpaired) electrons. The monoisotopic (exact) mass is 465 g/mol. The van der Waals surface area contributed by atoms with Gasteiger partial charge in [-0.15, -0.1) is 0 Å². The van der Waals surface area contributed by atoms with Crippen molar-refractivity contribution in [2.24, 2.45) is 0 Å². The highest BCUT2D eigenvalue weighted by Crippen LogP contribution is 2.42. The van der Waals surface area contributed by atoms with Crippen molar-refractivity contribution in [1.82, 2.24) is 9.88 Å². The number of para-hydroxylation sites is 3. The summed E-state index contributed by atoms with van der Waals surface area (Å²) in [5, 5.41) is 3.94. The molecule has 6 nitrogen and oxygen atoms in total. The van der Waals surface area contributed by atoms with Gasteiger partial charge in [0.15, 0.2) is 0 Å². The largest absolute Gasteiger partial charge is 0.385 e. The second-order valence-corrected chi connectivity index (χ2v) is 8.48. The Hall–Kier alpha value is -4.16. The number of nitrogens with one attached hydrogen (secondary N) is 1. The molecule has 1 aliphatic heterocycles. The zero-order chi connectivity index (χ0) is 24.2. The number of hydrogen-bond acceptors (Lipinski definition) is 3. The second-order valence-electron chi connectivity index (χ2n) is 8.48. The average Bonchev–Trinajstić information content (AvgIpc) is 3.37. The molecule has 1 aromatic heterocycles. The van der Waals surface area contributed by atoms with Crippen molar-refractivity contribution in [2.45, 2.75) is 13.0 Å². The zero-order valence-corrected chi connectivity index (χ0v) is 19.6. The summed E-state index contributed by atoms with van der Waals surface area (Å²) in [5.41, 5.74) is 5.09. The lowest BCUT2D eigenvalue weighted by molar-refractivity contribution is -0.121. The number of rotatable bonds is 8. The first-order valence-electron chi connectivity index (χ1n) is 11.7. The lowest BCUT2D eigenvalue weighted by Gasteiger charge is -2.16. The van der Waals surface area contributed by atoms with Gasteiger partial charge in [-0.3, -0.25) is 14.5 Å². The van der Waals surface area contributed by atoms with E-state index in [9.17, 15) is 9.59 Å². The topological polar surface area (TPSA) is 63.6 Å². The van der Waals surface area contributed by atoms with Gasteiger partial charge in [-0.25, -0.2) is 0 Å². The molecule has 4 aromatic rings. The van der Waals surface area contributed by atoms with Gasteiger partial charge in [0.25, 0.3) is 5.91 Å². The van der Waals surface area contributed by atoms with Crippen molar-refractivity contribution in [3.63, 3.8) is 0 Å². The normalized spacial score (nSPS) is 14.0. The molecule has 6 heteroatoms. The molecule has 0 fully saturated rings. The van der Waals surface area contributed by atoms with Crippen LogP contribution in [0, 0.1) is 0 Å². The van der Waals surface area contributed by atoms with Gasteiger partial charge >= 0.3 is 0 Å². The molecule has 1 N–H and O–H groups in total. The standard InChI is InChI=1S/C29H27N3O3/c1-35-17-9-16-30-28(33)20-31-19-21(23-12-5-7-14-26(23)31)18-25-24-13-6-8-15-27(24)32(29(25)34)22-10-3-2-4-11-22/h2-8,10-15,18-19H,9,16-17,20H2,1H3,(H,30,33). The molecule has 0 spiro atoms. The van der Waals surface area contributed by atoms with Crippen LogP contribution in [0.1, 0.15) is 17.5 Å². The number of fused-ring (bicyclic) bond motifs is 2. The van der Waals surface area contributed by atoms with E-state index in [0.717, 1.165) is 39.8 Å². The number of ether oxygens (including phenoxy) is 1. The lowest BCUT2D eigenvalue weighted by Crippen LogP contribution is -2.28. The van der Waals surface area contributed by atoms with E-state index in [0.29, 0.717) is 18.7 Å². The maximum absolute atomic E-state index is 13.6. The number of benzene rings is 3. The van der Waals surface area contributed by atoms with Gasteiger partial charge in [-0.05, 0) is 36.8 Å². The molecule has 0 atom stereocenters. The third-order valence-electron chi connectivity index (χ3n) is 6.16. The minimum absolute atomic E-state index is 0.0569. The molecule has 0 saturated heterocycles. The first kappa shape index (κ1) is 22.6. The molecule has 35 heavy (non-hydrogen) atoms. The highest BCUT2D eigenvalue weighted by Gasteiger charge is 2.33. The molecule has 2 amide bonds. The van der Waals surface area contributed by atoms with E-state index in [1.807, 2.05) is 95.7 Å². The number of anilines is 2. The highest BCUT2D eigenvalue weighted by atomic mass is 16.5. The number of amides is 2. The Bertz CT molecular complexity index is 1410. The molecule has 176 valence electrons. The number of aromatic nitrogens is 1. The van der Waals surface area contributed by atoms with Crippen molar-refractivity contribution in [2.75, 3.05) is 25.2 Å². The molecule has 0 saturated carbocycles. The van der Waals surface area contributed by atoms with E-state index in [1.165, 1.54) is 0 Å². The van der Waals surface area contributed by atoms with Crippen LogP contribution in [0.5, 0.6) is 0 Å². The fourth-order valence-electron chi connectivity index (χ4n) is 4.55. The average molecular weight is 466 g/mol. The van der Waals surface area contributed by atoms with Gasteiger partial charge in [-0.2, -0.15) is 0 Å². The molecule has 0 unspecified atom stereocenters. The minimum Gasteiger partial charge on any atom is -0.385 e. The summed E-state index contributed by atoms with van der Waals surface area (Å²) < 4.78 is 6.98. The Kier molecular flexibility index (Phi) is 6.46. The molecular formula is C29H27N3O3. The van der Waals surface area contributed by atoms with E-state index < -0.39 is 0 Å². The number of carbonyl (C=O) groups is 2. The first-order chi connectivity index (χ1) is 17.2. The van der Waals surface area contributed by atoms with Crippen LogP contribution in [0.25, 0.3) is 22.6 Å². The van der Waals surface area contributed by atoms with Crippen molar-refractivity contribution in [3.8, 4) is 0 Å². The Morgan fingerprint density at radius 2 is 1.71 bits per heavy atom. The van der Waals surface area contributed by atoms with Crippen molar-refractivity contribution < 1.29 is 14.3 Å². The van der Waals surface area contributed by atoms with Crippen LogP contribution in [-0.4, -0.2) is 36.6 Å². The minimum atomic E-state index is -0.0647. The Morgan fingerprint density at radius 3 is 2.54 bits per heavy atom. The summed E-state index contributed by atoms with van der Waals surface area (Å²) in [6.07, 6.45) is 4.67. The SMILES string of the molecule is COCCCNC(=O)Cn1cc(C=C2C(=O)N(c3ccccc3)c3ccccc32)c2ccccc21. The molecule has 0 aliphatic carbocycles. The predicted molar refractivity (Wildman–Crippen MR) is 139 cm³/mol. The molecule has 3 aromatic carbocycles. The van der Waals surface area contributed by atoms with Gasteiger partial charge < -0.3 is 14.6 Å². The molecule has 1 aliphatic rings. The summed E-state index contributed by atoms with van der Waals surface area (Å²) in [4.78, 5) is 27.9. The maximum atomic E-state index is 13.6. The quantitative estimate of drug-likeness (QED) is 0.294. The Balaban J connectivity index is 1.50. The molecule has 0 bridgehead atoms. The number of nitrogens with zero attached hydrogens (tertiary/aromatic N) is 2. The van der Waals surface area contributed by atoms with Crippen LogP contribution in [0.15, 0.2) is 85.1 Å². The van der Waals surface area contributed by atoms with Crippen LogP contribution in [0.2, 0.25) is 0 Å². The number of carbonyl (C=O) groups excluding carboxylic acids is 2. The van der Waals surface area contributed by atoms with Crippen molar-refractivity contribution >= 4 is 45.7 Å². The van der Waals surface area contributed by atoms with Crippen LogP contribution < -0.4 is 10.2 Å². The van der Waals surface area contributed by atoms with E-state index >= 15 is 0 Å². The van der Waals surface area contributed by atoms with E-state index in [1.54, 1.807) is 12.0 Å². The van der Waals surface area contributed by atoms with Crippen molar-refractivity contribution in [1.29, 1.82) is 0 Å². The smallest absolute Gasteiger partial charge is 0.263 e. The second kappa shape index (κ2) is 9.99. The van der Waals surface area contributed by atoms with Gasteiger partial charge in [0, 0.05) is 54.2 Å². The van der Waals surface area contributed by atoms with E-state index in [2.05, 4.69) is 5.32 Å². The van der Waals surface area contributed by atoms with E-state index in [4.69, 9.17) is 4.74 Å². The number of methoxy groups -OCH3 is 1. The van der Waals surface area contributed by atoms with Crippen LogP contribution in [-0.2, 0) is 20.9 Å². The molecular weight excluding hydrogens is 438 g/mol. The summed E-state index contributed by atoms with van der Waals surface area (Å²) >= 11 is 0. The van der Waals surface area contributed by atoms with Crippen LogP contribution >= 0.6 is 0 Å². The summed E-state index contributed by atoms with van der Waals surface area (Å²) in [5.74, 6) is -0.122. The summed E-state index contributed by atoms with van der Waals surface area (Å²) in [6, 6.07) is 25.5. The maximum Gasteiger partial charge on any atom is 0.263 e. The lowest BCUT2D eigenvalue weighted by atomic mass is 10.0. The fourth-order valence-corrected chi connectivity index (χ4v) is 4.55.